The van der Waals surface area contributed by atoms with Gasteiger partial charge in [-0.25, -0.2) is 0 Å². The summed E-state index contributed by atoms with van der Waals surface area (Å²) in [6.45, 7) is -0.861. The SMILES string of the molecule is NC(=O)CN(CC(N)=O)C(=O)c1[nH]ncc1N. The fourth-order valence-corrected chi connectivity index (χ4v) is 1.20. The zero-order chi connectivity index (χ0) is 13.0. The quantitative estimate of drug-likeness (QED) is 0.443. The van der Waals surface area contributed by atoms with E-state index in [0.29, 0.717) is 0 Å². The lowest BCUT2D eigenvalue weighted by Gasteiger charge is -2.18. The molecule has 0 fully saturated rings. The summed E-state index contributed by atoms with van der Waals surface area (Å²) in [6, 6.07) is 0. The normalized spacial score (nSPS) is 9.88. The second-order valence-corrected chi connectivity index (χ2v) is 3.29. The second kappa shape index (κ2) is 4.96. The number of amides is 3. The Morgan fingerprint density at radius 2 is 1.76 bits per heavy atom. The van der Waals surface area contributed by atoms with E-state index in [1.807, 2.05) is 0 Å². The predicted molar refractivity (Wildman–Crippen MR) is 57.3 cm³/mol. The van der Waals surface area contributed by atoms with Crippen LogP contribution in [0.15, 0.2) is 6.20 Å². The van der Waals surface area contributed by atoms with Crippen LogP contribution in [0.4, 0.5) is 5.69 Å². The largest absolute Gasteiger partial charge is 0.396 e. The van der Waals surface area contributed by atoms with Crippen molar-refractivity contribution in [3.05, 3.63) is 11.9 Å². The van der Waals surface area contributed by atoms with Crippen molar-refractivity contribution in [2.75, 3.05) is 18.8 Å². The zero-order valence-electron chi connectivity index (χ0n) is 8.84. The Morgan fingerprint density at radius 3 is 2.12 bits per heavy atom. The van der Waals surface area contributed by atoms with Crippen molar-refractivity contribution in [1.82, 2.24) is 15.1 Å². The molecule has 1 aromatic heterocycles. The first-order valence-electron chi connectivity index (χ1n) is 4.56. The number of nitrogen functional groups attached to an aromatic ring is 1. The molecule has 1 heterocycles. The number of hydrogen-bond donors (Lipinski definition) is 4. The molecule has 0 radical (unpaired) electrons. The van der Waals surface area contributed by atoms with E-state index in [4.69, 9.17) is 17.2 Å². The average Bonchev–Trinajstić information content (AvgIpc) is 2.61. The van der Waals surface area contributed by atoms with Crippen LogP contribution >= 0.6 is 0 Å². The zero-order valence-corrected chi connectivity index (χ0v) is 8.84. The fourth-order valence-electron chi connectivity index (χ4n) is 1.20. The third-order valence-electron chi connectivity index (χ3n) is 1.86. The first-order chi connectivity index (χ1) is 7.91. The number of aromatic amines is 1. The van der Waals surface area contributed by atoms with Gasteiger partial charge in [0.1, 0.15) is 18.8 Å². The average molecular weight is 240 g/mol. The molecule has 1 aromatic rings. The third-order valence-corrected chi connectivity index (χ3v) is 1.86. The smallest absolute Gasteiger partial charge is 0.274 e. The minimum absolute atomic E-state index is 0.0208. The first kappa shape index (κ1) is 12.5. The summed E-state index contributed by atoms with van der Waals surface area (Å²) in [7, 11) is 0. The van der Waals surface area contributed by atoms with E-state index in [1.165, 1.54) is 6.20 Å². The molecule has 0 unspecified atom stereocenters. The summed E-state index contributed by atoms with van der Waals surface area (Å²) in [4.78, 5) is 34.3. The molecule has 0 bridgehead atoms. The van der Waals surface area contributed by atoms with Crippen LogP contribution in [-0.2, 0) is 9.59 Å². The highest BCUT2D eigenvalue weighted by Gasteiger charge is 2.22. The fraction of sp³-hybridized carbons (Fsp3) is 0.250. The number of carbonyl (C=O) groups excluding carboxylic acids is 3. The lowest BCUT2D eigenvalue weighted by molar-refractivity contribution is -0.121. The predicted octanol–water partition coefficient (Wildman–Crippen LogP) is -2.60. The van der Waals surface area contributed by atoms with Gasteiger partial charge in [-0.05, 0) is 0 Å². The van der Waals surface area contributed by atoms with Crippen molar-refractivity contribution in [3.63, 3.8) is 0 Å². The van der Waals surface area contributed by atoms with Crippen LogP contribution in [0.3, 0.4) is 0 Å². The molecule has 0 spiro atoms. The Morgan fingerprint density at radius 1 is 1.24 bits per heavy atom. The second-order valence-electron chi connectivity index (χ2n) is 3.29. The molecular formula is C8H12N6O3. The third kappa shape index (κ3) is 3.19. The molecule has 17 heavy (non-hydrogen) atoms. The van der Waals surface area contributed by atoms with E-state index in [2.05, 4.69) is 10.2 Å². The number of primary amides is 2. The Balaban J connectivity index is 2.90. The highest BCUT2D eigenvalue weighted by molar-refractivity contribution is 6.00. The first-order valence-corrected chi connectivity index (χ1v) is 4.56. The number of aromatic nitrogens is 2. The lowest BCUT2D eigenvalue weighted by atomic mass is 10.3. The van der Waals surface area contributed by atoms with E-state index in [1.54, 1.807) is 0 Å². The van der Waals surface area contributed by atoms with Crippen LogP contribution in [0.2, 0.25) is 0 Å². The molecule has 0 aliphatic heterocycles. The van der Waals surface area contributed by atoms with Gasteiger partial charge in [0.05, 0.1) is 11.9 Å². The number of hydrogen-bond acceptors (Lipinski definition) is 5. The summed E-state index contributed by atoms with van der Waals surface area (Å²) in [6.07, 6.45) is 1.24. The number of nitrogens with zero attached hydrogens (tertiary/aromatic N) is 2. The molecule has 9 heteroatoms. The number of nitrogens with one attached hydrogen (secondary N) is 1. The molecule has 9 nitrogen and oxygen atoms in total. The topological polar surface area (TPSA) is 161 Å². The van der Waals surface area contributed by atoms with Crippen molar-refractivity contribution in [2.24, 2.45) is 11.5 Å². The molecule has 0 atom stereocenters. The Hall–Kier alpha value is -2.58. The van der Waals surface area contributed by atoms with Crippen LogP contribution < -0.4 is 17.2 Å². The van der Waals surface area contributed by atoms with Crippen molar-refractivity contribution < 1.29 is 14.4 Å². The summed E-state index contributed by atoms with van der Waals surface area (Å²) in [5.41, 5.74) is 15.5. The van der Waals surface area contributed by atoms with E-state index in [0.717, 1.165) is 4.90 Å². The van der Waals surface area contributed by atoms with E-state index >= 15 is 0 Å². The highest BCUT2D eigenvalue weighted by Crippen LogP contribution is 2.09. The minimum atomic E-state index is -0.766. The maximum absolute atomic E-state index is 11.9. The van der Waals surface area contributed by atoms with E-state index in [9.17, 15) is 14.4 Å². The van der Waals surface area contributed by atoms with Gasteiger partial charge in [0.25, 0.3) is 5.91 Å². The summed E-state index contributed by atoms with van der Waals surface area (Å²) in [5, 5.41) is 5.92. The van der Waals surface area contributed by atoms with Crippen LogP contribution in [0.25, 0.3) is 0 Å². The van der Waals surface area contributed by atoms with Gasteiger partial charge in [-0.3, -0.25) is 19.5 Å². The summed E-state index contributed by atoms with van der Waals surface area (Å²) >= 11 is 0. The van der Waals surface area contributed by atoms with Gasteiger partial charge < -0.3 is 22.1 Å². The summed E-state index contributed by atoms with van der Waals surface area (Å²) < 4.78 is 0. The Kier molecular flexibility index (Phi) is 3.65. The number of rotatable bonds is 5. The number of anilines is 1. The van der Waals surface area contributed by atoms with Gasteiger partial charge in [0.15, 0.2) is 0 Å². The van der Waals surface area contributed by atoms with Gasteiger partial charge in [-0.1, -0.05) is 0 Å². The number of carbonyl (C=O) groups is 3. The molecular weight excluding hydrogens is 228 g/mol. The molecule has 3 amide bonds. The molecule has 0 aromatic carbocycles. The van der Waals surface area contributed by atoms with E-state index in [-0.39, 0.29) is 11.4 Å². The number of H-pyrrole nitrogens is 1. The van der Waals surface area contributed by atoms with Crippen LogP contribution in [0.1, 0.15) is 10.5 Å². The van der Waals surface area contributed by atoms with Crippen LogP contribution in [0, 0.1) is 0 Å². The Bertz CT molecular complexity index is 438. The van der Waals surface area contributed by atoms with Gasteiger partial charge in [-0.15, -0.1) is 0 Å². The molecule has 92 valence electrons. The molecule has 0 saturated carbocycles. The van der Waals surface area contributed by atoms with Crippen molar-refractivity contribution in [2.45, 2.75) is 0 Å². The maximum atomic E-state index is 11.9. The van der Waals surface area contributed by atoms with Crippen molar-refractivity contribution in [1.29, 1.82) is 0 Å². The van der Waals surface area contributed by atoms with Gasteiger partial charge in [0.2, 0.25) is 11.8 Å². The minimum Gasteiger partial charge on any atom is -0.396 e. The van der Waals surface area contributed by atoms with E-state index < -0.39 is 30.8 Å². The Labute approximate surface area is 95.9 Å². The lowest BCUT2D eigenvalue weighted by Crippen LogP contribution is -2.43. The summed E-state index contributed by atoms with van der Waals surface area (Å²) in [5.74, 6) is -2.20. The molecule has 0 saturated heterocycles. The molecule has 1 rings (SSSR count). The molecule has 0 aliphatic rings. The van der Waals surface area contributed by atoms with Gasteiger partial charge in [0, 0.05) is 0 Å². The maximum Gasteiger partial charge on any atom is 0.274 e. The van der Waals surface area contributed by atoms with Crippen LogP contribution in [-0.4, -0.2) is 45.9 Å². The van der Waals surface area contributed by atoms with Crippen molar-refractivity contribution >= 4 is 23.4 Å². The van der Waals surface area contributed by atoms with Gasteiger partial charge >= 0.3 is 0 Å². The highest BCUT2D eigenvalue weighted by atomic mass is 16.2. The van der Waals surface area contributed by atoms with Crippen LogP contribution in [0.5, 0.6) is 0 Å². The monoisotopic (exact) mass is 240 g/mol. The number of nitrogens with two attached hydrogens (primary N) is 3. The molecule has 0 aliphatic carbocycles. The van der Waals surface area contributed by atoms with Gasteiger partial charge in [-0.2, -0.15) is 5.10 Å². The standard InChI is InChI=1S/C8H12N6O3/c9-4-1-12-13-7(4)8(17)14(2-5(10)15)3-6(11)16/h1H,2-3,9H2,(H2,10,15)(H2,11,16)(H,12,13). The molecule has 7 N–H and O–H groups in total. The van der Waals surface area contributed by atoms with Crippen molar-refractivity contribution in [3.8, 4) is 0 Å².